The van der Waals surface area contributed by atoms with E-state index in [9.17, 15) is 9.59 Å². The number of benzene rings is 1. The van der Waals surface area contributed by atoms with Gasteiger partial charge in [-0.2, -0.15) is 4.98 Å². The van der Waals surface area contributed by atoms with Gasteiger partial charge >= 0.3 is 5.69 Å². The molecule has 0 N–H and O–H groups in total. The SMILES string of the molecule is C=CC(=O)N1CCN(c2nc(=O)n(-c3c(C)ccnc3C(C)C)c3nc(-c4cc(C)ccc4F)c(C4CC4)cc23)[C@@H](C)C1. The van der Waals surface area contributed by atoms with E-state index in [1.54, 1.807) is 21.7 Å². The predicted octanol–water partition coefficient (Wildman–Crippen LogP) is 5.82. The van der Waals surface area contributed by atoms with Crippen LogP contribution in [0.4, 0.5) is 10.2 Å². The molecule has 8 nitrogen and oxygen atoms in total. The van der Waals surface area contributed by atoms with Crippen molar-refractivity contribution in [2.45, 2.75) is 65.3 Å². The molecule has 43 heavy (non-hydrogen) atoms. The van der Waals surface area contributed by atoms with Gasteiger partial charge in [0.25, 0.3) is 0 Å². The molecule has 2 fully saturated rings. The van der Waals surface area contributed by atoms with E-state index in [1.807, 2.05) is 46.8 Å². The van der Waals surface area contributed by atoms with Gasteiger partial charge in [-0.25, -0.2) is 18.7 Å². The minimum absolute atomic E-state index is 0.0337. The molecule has 2 aliphatic rings. The summed E-state index contributed by atoms with van der Waals surface area (Å²) in [7, 11) is 0. The average Bonchev–Trinajstić information content (AvgIpc) is 3.83. The van der Waals surface area contributed by atoms with Gasteiger partial charge in [0.2, 0.25) is 5.91 Å². The van der Waals surface area contributed by atoms with Crippen molar-refractivity contribution in [2.24, 2.45) is 0 Å². The number of nitrogens with zero attached hydrogens (tertiary/aromatic N) is 6. The Labute approximate surface area is 250 Å². The van der Waals surface area contributed by atoms with E-state index >= 15 is 4.39 Å². The van der Waals surface area contributed by atoms with Crippen LogP contribution in [-0.4, -0.2) is 56.0 Å². The number of fused-ring (bicyclic) bond motifs is 1. The number of aryl methyl sites for hydroxylation is 2. The van der Waals surface area contributed by atoms with Gasteiger partial charge in [0.05, 0.1) is 22.5 Å². The number of hydrogen-bond donors (Lipinski definition) is 0. The monoisotopic (exact) mass is 580 g/mol. The van der Waals surface area contributed by atoms with Crippen molar-refractivity contribution in [1.82, 2.24) is 24.4 Å². The highest BCUT2D eigenvalue weighted by atomic mass is 19.1. The van der Waals surface area contributed by atoms with Gasteiger partial charge in [-0.3, -0.25) is 9.78 Å². The first kappa shape index (κ1) is 28.7. The highest BCUT2D eigenvalue weighted by Gasteiger charge is 2.33. The molecule has 1 saturated carbocycles. The summed E-state index contributed by atoms with van der Waals surface area (Å²) in [4.78, 5) is 44.9. The molecule has 0 radical (unpaired) electrons. The Kier molecular flexibility index (Phi) is 7.36. The quantitative estimate of drug-likeness (QED) is 0.267. The molecular weight excluding hydrogens is 543 g/mol. The lowest BCUT2D eigenvalue weighted by Crippen LogP contribution is -2.54. The fourth-order valence-corrected chi connectivity index (χ4v) is 6.19. The standard InChI is InChI=1S/C34H37FN6O2/c1-7-28(42)39-14-15-40(22(6)18-39)32-26-17-24(23-9-10-23)30(25-16-20(4)8-11-27(25)35)37-33(26)41(34(43)38-32)31-21(5)12-13-36-29(31)19(2)3/h7-8,11-13,16-17,19,22-23H,1,9-10,14-15,18H2,2-6H3/t22-/m0/s1. The summed E-state index contributed by atoms with van der Waals surface area (Å²) in [5, 5.41) is 0.728. The molecular formula is C34H37FN6O2. The van der Waals surface area contributed by atoms with Gasteiger partial charge < -0.3 is 9.80 Å². The van der Waals surface area contributed by atoms with E-state index in [0.717, 1.165) is 40.6 Å². The lowest BCUT2D eigenvalue weighted by Gasteiger charge is -2.40. The van der Waals surface area contributed by atoms with Crippen molar-refractivity contribution in [2.75, 3.05) is 24.5 Å². The highest BCUT2D eigenvalue weighted by molar-refractivity contribution is 5.92. The number of piperazine rings is 1. The number of halogens is 1. The second-order valence-corrected chi connectivity index (χ2v) is 12.2. The van der Waals surface area contributed by atoms with Crippen LogP contribution in [0, 0.1) is 19.7 Å². The number of carbonyl (C=O) groups is 1. The molecule has 4 aromatic rings. The Hall–Kier alpha value is -4.40. The van der Waals surface area contributed by atoms with Crippen LogP contribution in [0.5, 0.6) is 0 Å². The van der Waals surface area contributed by atoms with Crippen LogP contribution < -0.4 is 10.6 Å². The van der Waals surface area contributed by atoms with E-state index in [1.165, 1.54) is 12.1 Å². The maximum atomic E-state index is 15.4. The highest BCUT2D eigenvalue weighted by Crippen LogP contribution is 2.46. The first-order valence-corrected chi connectivity index (χ1v) is 15.0. The summed E-state index contributed by atoms with van der Waals surface area (Å²) < 4.78 is 17.0. The van der Waals surface area contributed by atoms with Gasteiger partial charge in [0.15, 0.2) is 5.65 Å². The third kappa shape index (κ3) is 5.11. The number of aromatic nitrogens is 4. The van der Waals surface area contributed by atoms with Crippen LogP contribution in [0.25, 0.3) is 28.0 Å². The van der Waals surface area contributed by atoms with Gasteiger partial charge in [-0.1, -0.05) is 32.1 Å². The maximum Gasteiger partial charge on any atom is 0.355 e. The van der Waals surface area contributed by atoms with E-state index in [-0.39, 0.29) is 29.6 Å². The molecule has 4 heterocycles. The number of hydrogen-bond acceptors (Lipinski definition) is 6. The molecule has 1 aromatic carbocycles. The van der Waals surface area contributed by atoms with Crippen LogP contribution >= 0.6 is 0 Å². The van der Waals surface area contributed by atoms with E-state index in [2.05, 4.69) is 22.5 Å². The predicted molar refractivity (Wildman–Crippen MR) is 167 cm³/mol. The third-order valence-corrected chi connectivity index (χ3v) is 8.58. The summed E-state index contributed by atoms with van der Waals surface area (Å²) in [5.74, 6) is 0.361. The molecule has 1 aliphatic carbocycles. The lowest BCUT2D eigenvalue weighted by atomic mass is 9.98. The number of rotatable bonds is 6. The van der Waals surface area contributed by atoms with Crippen molar-refractivity contribution in [1.29, 1.82) is 0 Å². The van der Waals surface area contributed by atoms with Gasteiger partial charge in [-0.15, -0.1) is 0 Å². The molecule has 0 bridgehead atoms. The van der Waals surface area contributed by atoms with Crippen LogP contribution in [0.15, 0.2) is 54.0 Å². The summed E-state index contributed by atoms with van der Waals surface area (Å²) in [5.41, 5.74) is 5.12. The maximum absolute atomic E-state index is 15.4. The summed E-state index contributed by atoms with van der Waals surface area (Å²) >= 11 is 0. The molecule has 6 rings (SSSR count). The Morgan fingerprint density at radius 2 is 1.88 bits per heavy atom. The van der Waals surface area contributed by atoms with E-state index in [4.69, 9.17) is 9.97 Å². The van der Waals surface area contributed by atoms with Crippen LogP contribution in [0.2, 0.25) is 0 Å². The van der Waals surface area contributed by atoms with Gasteiger partial charge in [-0.05, 0) is 86.9 Å². The van der Waals surface area contributed by atoms with Crippen molar-refractivity contribution in [3.05, 3.63) is 87.9 Å². The zero-order valence-electron chi connectivity index (χ0n) is 25.4. The fraction of sp³-hybridized carbons (Fsp3) is 0.382. The number of anilines is 1. The zero-order chi connectivity index (χ0) is 30.6. The topological polar surface area (TPSA) is 84.2 Å². The molecule has 1 amide bonds. The zero-order valence-corrected chi connectivity index (χ0v) is 25.4. The fourth-order valence-electron chi connectivity index (χ4n) is 6.19. The lowest BCUT2D eigenvalue weighted by molar-refractivity contribution is -0.126. The summed E-state index contributed by atoms with van der Waals surface area (Å²) in [6.45, 7) is 15.1. The van der Waals surface area contributed by atoms with Crippen molar-refractivity contribution >= 4 is 22.8 Å². The molecule has 1 atom stereocenters. The molecule has 3 aromatic heterocycles. The number of pyridine rings is 2. The smallest absolute Gasteiger partial charge is 0.350 e. The van der Waals surface area contributed by atoms with Crippen molar-refractivity contribution in [3.63, 3.8) is 0 Å². The van der Waals surface area contributed by atoms with E-state index in [0.29, 0.717) is 48.0 Å². The van der Waals surface area contributed by atoms with Crippen LogP contribution in [0.3, 0.4) is 0 Å². The molecule has 9 heteroatoms. The van der Waals surface area contributed by atoms with Crippen LogP contribution in [-0.2, 0) is 4.79 Å². The Balaban J connectivity index is 1.67. The summed E-state index contributed by atoms with van der Waals surface area (Å²) in [6.07, 6.45) is 5.07. The Bertz CT molecular complexity index is 1830. The second kappa shape index (κ2) is 11.0. The van der Waals surface area contributed by atoms with Gasteiger partial charge in [0, 0.05) is 37.4 Å². The molecule has 0 spiro atoms. The van der Waals surface area contributed by atoms with E-state index < -0.39 is 5.69 Å². The minimum atomic E-state index is -0.473. The average molecular weight is 581 g/mol. The van der Waals surface area contributed by atoms with Crippen molar-refractivity contribution in [3.8, 4) is 16.9 Å². The molecule has 0 unspecified atom stereocenters. The number of carbonyl (C=O) groups excluding carboxylic acids is 1. The Morgan fingerprint density at radius 1 is 1.12 bits per heavy atom. The van der Waals surface area contributed by atoms with Crippen LogP contribution in [0.1, 0.15) is 67.8 Å². The number of amides is 1. The third-order valence-electron chi connectivity index (χ3n) is 8.58. The van der Waals surface area contributed by atoms with Crippen molar-refractivity contribution < 1.29 is 9.18 Å². The first-order chi connectivity index (χ1) is 20.6. The summed E-state index contributed by atoms with van der Waals surface area (Å²) in [6, 6.07) is 8.91. The minimum Gasteiger partial charge on any atom is -0.350 e. The largest absolute Gasteiger partial charge is 0.355 e. The Morgan fingerprint density at radius 3 is 2.56 bits per heavy atom. The first-order valence-electron chi connectivity index (χ1n) is 15.0. The molecule has 222 valence electrons. The molecule has 1 aliphatic heterocycles. The second-order valence-electron chi connectivity index (χ2n) is 12.2. The normalized spacial score (nSPS) is 17.1. The van der Waals surface area contributed by atoms with Gasteiger partial charge in [0.1, 0.15) is 11.6 Å². The molecule has 1 saturated heterocycles.